The van der Waals surface area contributed by atoms with Crippen LogP contribution < -0.4 is 5.32 Å². The monoisotopic (exact) mass is 792 g/mol. The first-order valence-electron chi connectivity index (χ1n) is 24.3. The molecule has 0 rings (SSSR count). The molecule has 3 N–H and O–H groups in total. The standard InChI is InChI=1S/C53H93NO3/c1-3-5-7-9-11-13-15-16-17-18-19-20-21-22-23-24-25-26-27-28-29-30-31-32-33-34-35-36-37-38-39-41-43-45-47-49-53(57)54-51(50-55)52(56)48-46-44-42-40-14-12-10-8-6-4-2/h5,7,11,13,16-17,19-20,22-23,25-26,28-29,51-52,55-56H,3-4,6,8-10,12,14-15,18,21,24,27,30-50H2,1-2H3,(H,54,57)/b7-5-,13-11-,17-16-,20-19-,23-22-,26-25-,29-28-. The third kappa shape index (κ3) is 44.5. The molecule has 0 heterocycles. The minimum atomic E-state index is -0.661. The van der Waals surface area contributed by atoms with E-state index < -0.39 is 12.1 Å². The summed E-state index contributed by atoms with van der Waals surface area (Å²) in [7, 11) is 0. The predicted molar refractivity (Wildman–Crippen MR) is 253 cm³/mol. The van der Waals surface area contributed by atoms with Gasteiger partial charge in [-0.3, -0.25) is 4.79 Å². The summed E-state index contributed by atoms with van der Waals surface area (Å²) in [5.41, 5.74) is 0. The quantitative estimate of drug-likeness (QED) is 0.0425. The molecule has 0 radical (unpaired) electrons. The molecule has 0 aromatic heterocycles. The SMILES string of the molecule is CC/C=C\C/C=C\C/C=C\C/C=C\C/C=C\C/C=C\C/C=C\CCCCCCCCCCCCCCCC(=O)NC(CO)C(O)CCCCCCCCCCCC. The summed E-state index contributed by atoms with van der Waals surface area (Å²) in [6, 6.07) is -0.539. The van der Waals surface area contributed by atoms with Crippen LogP contribution in [0, 0.1) is 0 Å². The van der Waals surface area contributed by atoms with Crippen LogP contribution in [0.2, 0.25) is 0 Å². The fraction of sp³-hybridized carbons (Fsp3) is 0.717. The molecule has 328 valence electrons. The zero-order chi connectivity index (χ0) is 41.4. The molecule has 0 saturated heterocycles. The van der Waals surface area contributed by atoms with E-state index in [4.69, 9.17) is 0 Å². The van der Waals surface area contributed by atoms with Crippen molar-refractivity contribution in [2.24, 2.45) is 0 Å². The summed E-state index contributed by atoms with van der Waals surface area (Å²) in [6.45, 7) is 4.22. The maximum Gasteiger partial charge on any atom is 0.220 e. The molecular weight excluding hydrogens is 699 g/mol. The van der Waals surface area contributed by atoms with Gasteiger partial charge in [0.1, 0.15) is 0 Å². The van der Waals surface area contributed by atoms with E-state index in [1.165, 1.54) is 128 Å². The van der Waals surface area contributed by atoms with Crippen LogP contribution in [0.15, 0.2) is 85.1 Å². The molecule has 2 unspecified atom stereocenters. The fourth-order valence-corrected chi connectivity index (χ4v) is 6.99. The number of nitrogens with one attached hydrogen (secondary N) is 1. The van der Waals surface area contributed by atoms with Gasteiger partial charge in [-0.05, 0) is 70.6 Å². The Morgan fingerprint density at radius 2 is 0.772 bits per heavy atom. The zero-order valence-electron chi connectivity index (χ0n) is 37.6. The summed E-state index contributed by atoms with van der Waals surface area (Å²) >= 11 is 0. The molecule has 0 fully saturated rings. The lowest BCUT2D eigenvalue weighted by Crippen LogP contribution is -2.45. The van der Waals surface area contributed by atoms with E-state index >= 15 is 0 Å². The van der Waals surface area contributed by atoms with Gasteiger partial charge in [0.2, 0.25) is 5.91 Å². The molecule has 4 nitrogen and oxygen atoms in total. The van der Waals surface area contributed by atoms with Crippen molar-refractivity contribution >= 4 is 5.91 Å². The largest absolute Gasteiger partial charge is 0.394 e. The van der Waals surface area contributed by atoms with E-state index in [1.807, 2.05) is 0 Å². The average Bonchev–Trinajstić information content (AvgIpc) is 3.22. The van der Waals surface area contributed by atoms with Crippen LogP contribution in [0.25, 0.3) is 0 Å². The first-order chi connectivity index (χ1) is 28.2. The number of carbonyl (C=O) groups excluding carboxylic acids is 1. The molecular formula is C53H93NO3. The lowest BCUT2D eigenvalue weighted by Gasteiger charge is -2.22. The number of unbranched alkanes of at least 4 members (excludes halogenated alkanes) is 22. The van der Waals surface area contributed by atoms with Gasteiger partial charge in [0.15, 0.2) is 0 Å². The second kappa shape index (κ2) is 47.9. The van der Waals surface area contributed by atoms with Crippen molar-refractivity contribution in [3.05, 3.63) is 85.1 Å². The topological polar surface area (TPSA) is 69.6 Å². The first kappa shape index (κ1) is 54.6. The van der Waals surface area contributed by atoms with Crippen molar-refractivity contribution in [2.75, 3.05) is 6.61 Å². The molecule has 0 aliphatic carbocycles. The Labute approximate surface area is 354 Å². The molecule has 57 heavy (non-hydrogen) atoms. The molecule has 0 aromatic carbocycles. The number of carbonyl (C=O) groups is 1. The first-order valence-corrected chi connectivity index (χ1v) is 24.3. The van der Waals surface area contributed by atoms with Crippen molar-refractivity contribution in [1.82, 2.24) is 5.32 Å². The highest BCUT2D eigenvalue weighted by atomic mass is 16.3. The number of rotatable bonds is 43. The molecule has 0 bridgehead atoms. The van der Waals surface area contributed by atoms with Gasteiger partial charge in [0, 0.05) is 6.42 Å². The van der Waals surface area contributed by atoms with Crippen LogP contribution in [0.5, 0.6) is 0 Å². The fourth-order valence-electron chi connectivity index (χ4n) is 6.99. The molecule has 0 aliphatic heterocycles. The van der Waals surface area contributed by atoms with Crippen LogP contribution >= 0.6 is 0 Å². The second-order valence-electron chi connectivity index (χ2n) is 16.2. The molecule has 2 atom stereocenters. The molecule has 1 amide bonds. The summed E-state index contributed by atoms with van der Waals surface area (Å²) in [5, 5.41) is 23.1. The van der Waals surface area contributed by atoms with Crippen molar-refractivity contribution in [3.8, 4) is 0 Å². The van der Waals surface area contributed by atoms with Gasteiger partial charge in [-0.1, -0.05) is 234 Å². The Kier molecular flexibility index (Phi) is 45.9. The van der Waals surface area contributed by atoms with Crippen LogP contribution in [-0.4, -0.2) is 34.9 Å². The number of amides is 1. The van der Waals surface area contributed by atoms with Crippen molar-refractivity contribution in [2.45, 2.75) is 238 Å². The van der Waals surface area contributed by atoms with Gasteiger partial charge >= 0.3 is 0 Å². The Bertz CT molecular complexity index is 1030. The number of aliphatic hydroxyl groups is 2. The van der Waals surface area contributed by atoms with Crippen molar-refractivity contribution in [1.29, 1.82) is 0 Å². The third-order valence-electron chi connectivity index (χ3n) is 10.7. The van der Waals surface area contributed by atoms with Gasteiger partial charge < -0.3 is 15.5 Å². The molecule has 0 aliphatic rings. The number of hydrogen-bond donors (Lipinski definition) is 3. The van der Waals surface area contributed by atoms with Gasteiger partial charge in [-0.25, -0.2) is 0 Å². The predicted octanol–water partition coefficient (Wildman–Crippen LogP) is 15.6. The number of hydrogen-bond acceptors (Lipinski definition) is 3. The highest BCUT2D eigenvalue weighted by molar-refractivity contribution is 5.76. The maximum atomic E-state index is 12.4. The van der Waals surface area contributed by atoms with Crippen LogP contribution in [0.4, 0.5) is 0 Å². The molecule has 0 aromatic rings. The van der Waals surface area contributed by atoms with E-state index in [0.29, 0.717) is 12.8 Å². The molecule has 4 heteroatoms. The van der Waals surface area contributed by atoms with Crippen molar-refractivity contribution < 1.29 is 15.0 Å². The highest BCUT2D eigenvalue weighted by Crippen LogP contribution is 2.15. The van der Waals surface area contributed by atoms with Gasteiger partial charge in [-0.2, -0.15) is 0 Å². The number of aliphatic hydroxyl groups excluding tert-OH is 2. The summed E-state index contributed by atoms with van der Waals surface area (Å²) in [5.74, 6) is -0.0375. The Hall–Kier alpha value is -2.43. The summed E-state index contributed by atoms with van der Waals surface area (Å²) < 4.78 is 0. The zero-order valence-corrected chi connectivity index (χ0v) is 37.6. The highest BCUT2D eigenvalue weighted by Gasteiger charge is 2.20. The molecule has 0 saturated carbocycles. The van der Waals surface area contributed by atoms with Crippen LogP contribution in [0.3, 0.4) is 0 Å². The van der Waals surface area contributed by atoms with Gasteiger partial charge in [0.25, 0.3) is 0 Å². The number of allylic oxidation sites excluding steroid dienone is 14. The molecule has 0 spiro atoms. The normalized spacial score (nSPS) is 13.7. The maximum absolute atomic E-state index is 12.4. The Balaban J connectivity index is 3.51. The van der Waals surface area contributed by atoms with Crippen LogP contribution in [-0.2, 0) is 4.79 Å². The smallest absolute Gasteiger partial charge is 0.220 e. The summed E-state index contributed by atoms with van der Waals surface area (Å²) in [6.07, 6.45) is 69.7. The van der Waals surface area contributed by atoms with Crippen LogP contribution in [0.1, 0.15) is 226 Å². The lowest BCUT2D eigenvalue weighted by atomic mass is 10.0. The van der Waals surface area contributed by atoms with E-state index in [1.54, 1.807) is 0 Å². The lowest BCUT2D eigenvalue weighted by molar-refractivity contribution is -0.123. The van der Waals surface area contributed by atoms with Crippen molar-refractivity contribution in [3.63, 3.8) is 0 Å². The van der Waals surface area contributed by atoms with E-state index in [0.717, 1.165) is 70.6 Å². The summed E-state index contributed by atoms with van der Waals surface area (Å²) in [4.78, 5) is 12.4. The van der Waals surface area contributed by atoms with Gasteiger partial charge in [0.05, 0.1) is 18.8 Å². The van der Waals surface area contributed by atoms with E-state index in [2.05, 4.69) is 104 Å². The average molecular weight is 792 g/mol. The van der Waals surface area contributed by atoms with Gasteiger partial charge in [-0.15, -0.1) is 0 Å². The van der Waals surface area contributed by atoms with E-state index in [9.17, 15) is 15.0 Å². The Morgan fingerprint density at radius 1 is 0.439 bits per heavy atom. The second-order valence-corrected chi connectivity index (χ2v) is 16.2. The Morgan fingerprint density at radius 3 is 1.16 bits per heavy atom. The minimum absolute atomic E-state index is 0.0375. The minimum Gasteiger partial charge on any atom is -0.394 e. The third-order valence-corrected chi connectivity index (χ3v) is 10.7. The van der Waals surface area contributed by atoms with E-state index in [-0.39, 0.29) is 12.5 Å².